The molecule has 2 aromatic carbocycles. The van der Waals surface area contributed by atoms with Crippen LogP contribution in [-0.2, 0) is 16.4 Å². The van der Waals surface area contributed by atoms with Crippen LogP contribution in [0.1, 0.15) is 29.3 Å². The summed E-state index contributed by atoms with van der Waals surface area (Å²) in [5, 5.41) is 8.50. The molecule has 0 spiro atoms. The Morgan fingerprint density at radius 2 is 1.92 bits per heavy atom. The number of sulfonamides is 1. The van der Waals surface area contributed by atoms with Gasteiger partial charge >= 0.3 is 0 Å². The maximum absolute atomic E-state index is 12.9. The largest absolute Gasteiger partial charge is 0.305 e. The van der Waals surface area contributed by atoms with E-state index in [1.165, 1.54) is 24.3 Å². The van der Waals surface area contributed by atoms with E-state index < -0.39 is 10.0 Å². The van der Waals surface area contributed by atoms with E-state index in [9.17, 15) is 13.2 Å². The Labute approximate surface area is 153 Å². The molecule has 0 radical (unpaired) electrons. The van der Waals surface area contributed by atoms with Crippen molar-refractivity contribution in [2.24, 2.45) is 0 Å². The van der Waals surface area contributed by atoms with Gasteiger partial charge in [0, 0.05) is 30.3 Å². The maximum Gasteiger partial charge on any atom is 0.258 e. The van der Waals surface area contributed by atoms with Crippen molar-refractivity contribution in [3.05, 3.63) is 59.7 Å². The number of benzene rings is 2. The lowest BCUT2D eigenvalue weighted by molar-refractivity contribution is 0.0981. The molecule has 26 heavy (non-hydrogen) atoms. The fraction of sp³-hybridized carbons (Fsp3) is 0.263. The van der Waals surface area contributed by atoms with Gasteiger partial charge in [-0.15, -0.1) is 0 Å². The van der Waals surface area contributed by atoms with Crippen LogP contribution in [0.2, 0.25) is 0 Å². The molecule has 0 aromatic heterocycles. The van der Waals surface area contributed by atoms with Crippen LogP contribution >= 0.6 is 0 Å². The summed E-state index contributed by atoms with van der Waals surface area (Å²) in [7, 11) is -3.68. The molecule has 1 amide bonds. The predicted octanol–water partition coefficient (Wildman–Crippen LogP) is 2.47. The van der Waals surface area contributed by atoms with E-state index in [-0.39, 0.29) is 29.8 Å². The number of fused-ring (bicyclic) bond motifs is 1. The third kappa shape index (κ3) is 3.47. The van der Waals surface area contributed by atoms with E-state index in [2.05, 4.69) is 4.72 Å². The van der Waals surface area contributed by atoms with Crippen molar-refractivity contribution in [1.82, 2.24) is 4.72 Å². The average molecular weight is 369 g/mol. The van der Waals surface area contributed by atoms with Crippen LogP contribution in [0.25, 0.3) is 0 Å². The summed E-state index contributed by atoms with van der Waals surface area (Å²) in [5.74, 6) is -0.149. The SMILES string of the molecule is CC1Cc2ccccc2N1C(=O)c1ccc(S(=O)(=O)NCCC#N)cc1. The second kappa shape index (κ2) is 7.28. The van der Waals surface area contributed by atoms with E-state index in [0.29, 0.717) is 5.56 Å². The molecule has 6 nitrogen and oxygen atoms in total. The third-order valence-electron chi connectivity index (χ3n) is 4.37. The third-order valence-corrected chi connectivity index (χ3v) is 5.84. The van der Waals surface area contributed by atoms with E-state index in [1.54, 1.807) is 4.90 Å². The summed E-state index contributed by atoms with van der Waals surface area (Å²) in [6.07, 6.45) is 0.902. The lowest BCUT2D eigenvalue weighted by Gasteiger charge is -2.23. The zero-order chi connectivity index (χ0) is 18.7. The van der Waals surface area contributed by atoms with E-state index >= 15 is 0 Å². The Balaban J connectivity index is 1.81. The van der Waals surface area contributed by atoms with Gasteiger partial charge in [-0.1, -0.05) is 18.2 Å². The van der Waals surface area contributed by atoms with Gasteiger partial charge in [0.15, 0.2) is 0 Å². The molecular weight excluding hydrogens is 350 g/mol. The smallest absolute Gasteiger partial charge is 0.258 e. The molecule has 1 N–H and O–H groups in total. The topological polar surface area (TPSA) is 90.3 Å². The zero-order valence-electron chi connectivity index (χ0n) is 14.3. The quantitative estimate of drug-likeness (QED) is 0.820. The fourth-order valence-electron chi connectivity index (χ4n) is 3.12. The maximum atomic E-state index is 12.9. The Morgan fingerprint density at radius 3 is 2.62 bits per heavy atom. The number of carbonyl (C=O) groups excluding carboxylic acids is 1. The second-order valence-electron chi connectivity index (χ2n) is 6.19. The van der Waals surface area contributed by atoms with Crippen molar-refractivity contribution >= 4 is 21.6 Å². The second-order valence-corrected chi connectivity index (χ2v) is 7.95. The first kappa shape index (κ1) is 18.1. The molecule has 0 fully saturated rings. The number of para-hydroxylation sites is 1. The highest BCUT2D eigenvalue weighted by Gasteiger charge is 2.31. The predicted molar refractivity (Wildman–Crippen MR) is 98.3 cm³/mol. The summed E-state index contributed by atoms with van der Waals surface area (Å²) < 4.78 is 26.6. The number of anilines is 1. The van der Waals surface area contributed by atoms with Crippen LogP contribution in [0.15, 0.2) is 53.4 Å². The van der Waals surface area contributed by atoms with Gasteiger partial charge < -0.3 is 4.90 Å². The number of nitrogens with one attached hydrogen (secondary N) is 1. The van der Waals surface area contributed by atoms with Gasteiger partial charge in [0.2, 0.25) is 10.0 Å². The van der Waals surface area contributed by atoms with Crippen LogP contribution in [0.3, 0.4) is 0 Å². The molecular formula is C19H19N3O3S. The molecule has 0 bridgehead atoms. The van der Waals surface area contributed by atoms with E-state index in [1.807, 2.05) is 37.3 Å². The van der Waals surface area contributed by atoms with Gasteiger partial charge in [-0.05, 0) is 49.2 Å². The van der Waals surface area contributed by atoms with Gasteiger partial charge in [0.25, 0.3) is 5.91 Å². The molecule has 1 unspecified atom stereocenters. The van der Waals surface area contributed by atoms with Gasteiger partial charge in [-0.2, -0.15) is 5.26 Å². The molecule has 7 heteroatoms. The average Bonchev–Trinajstić information content (AvgIpc) is 2.97. The Bertz CT molecular complexity index is 962. The molecule has 1 aliphatic heterocycles. The first-order chi connectivity index (χ1) is 12.4. The summed E-state index contributed by atoms with van der Waals surface area (Å²) in [6, 6.07) is 15.6. The van der Waals surface area contributed by atoms with Crippen molar-refractivity contribution < 1.29 is 13.2 Å². The molecule has 1 aliphatic rings. The lowest BCUT2D eigenvalue weighted by atomic mass is 10.1. The van der Waals surface area contributed by atoms with Gasteiger partial charge in [-0.3, -0.25) is 4.79 Å². The molecule has 3 rings (SSSR count). The fourth-order valence-corrected chi connectivity index (χ4v) is 4.15. The summed E-state index contributed by atoms with van der Waals surface area (Å²) in [4.78, 5) is 14.7. The number of amides is 1. The molecule has 0 saturated heterocycles. The summed E-state index contributed by atoms with van der Waals surface area (Å²) >= 11 is 0. The first-order valence-electron chi connectivity index (χ1n) is 8.32. The number of hydrogen-bond donors (Lipinski definition) is 1. The molecule has 1 atom stereocenters. The minimum Gasteiger partial charge on any atom is -0.305 e. The minimum absolute atomic E-state index is 0.0518. The van der Waals surface area contributed by atoms with E-state index in [4.69, 9.17) is 5.26 Å². The van der Waals surface area contributed by atoms with Crippen LogP contribution < -0.4 is 9.62 Å². The normalized spacial score (nSPS) is 16.2. The van der Waals surface area contributed by atoms with Crippen molar-refractivity contribution in [1.29, 1.82) is 5.26 Å². The summed E-state index contributed by atoms with van der Waals surface area (Å²) in [5.41, 5.74) is 2.47. The number of nitriles is 1. The highest BCUT2D eigenvalue weighted by molar-refractivity contribution is 7.89. The molecule has 134 valence electrons. The van der Waals surface area contributed by atoms with Crippen LogP contribution in [0, 0.1) is 11.3 Å². The van der Waals surface area contributed by atoms with Gasteiger partial charge in [0.05, 0.1) is 11.0 Å². The Kier molecular flexibility index (Phi) is 5.07. The van der Waals surface area contributed by atoms with Crippen LogP contribution in [-0.4, -0.2) is 26.9 Å². The van der Waals surface area contributed by atoms with Crippen LogP contribution in [0.4, 0.5) is 5.69 Å². The Morgan fingerprint density at radius 1 is 1.23 bits per heavy atom. The highest BCUT2D eigenvalue weighted by atomic mass is 32.2. The van der Waals surface area contributed by atoms with Crippen molar-refractivity contribution in [3.8, 4) is 6.07 Å². The molecule has 0 aliphatic carbocycles. The van der Waals surface area contributed by atoms with Crippen molar-refractivity contribution in [2.45, 2.75) is 30.7 Å². The van der Waals surface area contributed by atoms with Gasteiger partial charge in [0.1, 0.15) is 0 Å². The first-order valence-corrected chi connectivity index (χ1v) is 9.80. The van der Waals surface area contributed by atoms with E-state index in [0.717, 1.165) is 17.7 Å². The zero-order valence-corrected chi connectivity index (χ0v) is 15.2. The van der Waals surface area contributed by atoms with Crippen molar-refractivity contribution in [3.63, 3.8) is 0 Å². The number of carbonyl (C=O) groups is 1. The number of nitrogens with zero attached hydrogens (tertiary/aromatic N) is 2. The highest BCUT2D eigenvalue weighted by Crippen LogP contribution is 2.33. The van der Waals surface area contributed by atoms with Gasteiger partial charge in [-0.25, -0.2) is 13.1 Å². The lowest BCUT2D eigenvalue weighted by Crippen LogP contribution is -2.35. The van der Waals surface area contributed by atoms with Crippen molar-refractivity contribution in [2.75, 3.05) is 11.4 Å². The molecule has 1 heterocycles. The molecule has 2 aromatic rings. The Hall–Kier alpha value is -2.69. The monoisotopic (exact) mass is 369 g/mol. The number of hydrogen-bond acceptors (Lipinski definition) is 4. The minimum atomic E-state index is -3.68. The standard InChI is InChI=1S/C19H19N3O3S/c1-14-13-16-5-2-3-6-18(16)22(14)19(23)15-7-9-17(10-8-15)26(24,25)21-12-4-11-20/h2-3,5-10,14,21H,4,12-13H2,1H3. The summed E-state index contributed by atoms with van der Waals surface area (Å²) in [6.45, 7) is 2.05. The van der Waals surface area contributed by atoms with Crippen LogP contribution in [0.5, 0.6) is 0 Å². The number of rotatable bonds is 5. The molecule has 0 saturated carbocycles.